The van der Waals surface area contributed by atoms with E-state index in [1.165, 1.54) is 12.1 Å². The zero-order valence-electron chi connectivity index (χ0n) is 7.79. The van der Waals surface area contributed by atoms with Gasteiger partial charge in [-0.1, -0.05) is 31.9 Å². The van der Waals surface area contributed by atoms with Crippen molar-refractivity contribution in [2.75, 3.05) is 5.33 Å². The van der Waals surface area contributed by atoms with Crippen LogP contribution in [0, 0.1) is 17.0 Å². The summed E-state index contributed by atoms with van der Waals surface area (Å²) < 4.78 is 0.570. The van der Waals surface area contributed by atoms with Crippen LogP contribution in [0.3, 0.4) is 0 Å². The van der Waals surface area contributed by atoms with Gasteiger partial charge < -0.3 is 0 Å². The topological polar surface area (TPSA) is 60.2 Å². The van der Waals surface area contributed by atoms with E-state index in [0.29, 0.717) is 15.6 Å². The largest absolute Gasteiger partial charge is 0.293 e. The van der Waals surface area contributed by atoms with Crippen molar-refractivity contribution in [3.8, 4) is 0 Å². The van der Waals surface area contributed by atoms with E-state index >= 15 is 0 Å². The molecule has 0 aromatic heterocycles. The van der Waals surface area contributed by atoms with Crippen LogP contribution in [0.1, 0.15) is 15.9 Å². The highest BCUT2D eigenvalue weighted by Gasteiger charge is 2.16. The average molecular weight is 337 g/mol. The Hall–Kier alpha value is -0.750. The second kappa shape index (κ2) is 4.85. The number of halogens is 2. The highest BCUT2D eigenvalue weighted by molar-refractivity contribution is 9.10. The molecular weight excluding hydrogens is 330 g/mol. The molecule has 4 nitrogen and oxygen atoms in total. The van der Waals surface area contributed by atoms with Crippen molar-refractivity contribution in [3.05, 3.63) is 37.8 Å². The minimum atomic E-state index is -0.519. The van der Waals surface area contributed by atoms with Crippen molar-refractivity contribution >= 4 is 43.3 Å². The Morgan fingerprint density at radius 1 is 1.53 bits per heavy atom. The third kappa shape index (κ3) is 2.63. The fraction of sp³-hybridized carbons (Fsp3) is 0.222. The molecule has 0 heterocycles. The first-order valence-corrected chi connectivity index (χ1v) is 5.92. The normalized spacial score (nSPS) is 10.1. The predicted molar refractivity (Wildman–Crippen MR) is 63.7 cm³/mol. The number of benzene rings is 1. The Morgan fingerprint density at radius 2 is 2.13 bits per heavy atom. The number of nitro benzene ring substituents is 1. The molecule has 0 spiro atoms. The fourth-order valence-corrected chi connectivity index (χ4v) is 1.88. The van der Waals surface area contributed by atoms with Gasteiger partial charge in [0.15, 0.2) is 5.78 Å². The number of hydrogen-bond donors (Lipinski definition) is 0. The number of alkyl halides is 1. The van der Waals surface area contributed by atoms with E-state index < -0.39 is 4.92 Å². The smallest absolute Gasteiger partial charge is 0.271 e. The number of rotatable bonds is 3. The summed E-state index contributed by atoms with van der Waals surface area (Å²) in [5, 5.41) is 10.7. The number of carbonyl (C=O) groups excluding carboxylic acids is 1. The number of Topliss-reactive ketones (excluding diaryl/α,β-unsaturated/α-hetero) is 1. The molecular formula is C9H7Br2NO3. The monoisotopic (exact) mass is 335 g/mol. The summed E-state index contributed by atoms with van der Waals surface area (Å²) in [5.41, 5.74) is 0.995. The van der Waals surface area contributed by atoms with Crippen molar-refractivity contribution in [1.29, 1.82) is 0 Å². The minimum Gasteiger partial charge on any atom is -0.293 e. The molecule has 15 heavy (non-hydrogen) atoms. The molecule has 1 aromatic carbocycles. The van der Waals surface area contributed by atoms with Gasteiger partial charge in [0.2, 0.25) is 0 Å². The number of ketones is 1. The molecule has 1 aromatic rings. The molecule has 0 saturated carbocycles. The van der Waals surface area contributed by atoms with Crippen LogP contribution in [0.4, 0.5) is 5.69 Å². The summed E-state index contributed by atoms with van der Waals surface area (Å²) in [6.07, 6.45) is 0. The number of carbonyl (C=O) groups is 1. The lowest BCUT2D eigenvalue weighted by atomic mass is 10.0. The lowest BCUT2D eigenvalue weighted by Gasteiger charge is -2.05. The summed E-state index contributed by atoms with van der Waals surface area (Å²) in [4.78, 5) is 21.5. The van der Waals surface area contributed by atoms with Crippen molar-refractivity contribution < 1.29 is 9.72 Å². The third-order valence-corrected chi connectivity index (χ3v) is 3.29. The van der Waals surface area contributed by atoms with Gasteiger partial charge in [-0.2, -0.15) is 0 Å². The van der Waals surface area contributed by atoms with E-state index in [2.05, 4.69) is 31.9 Å². The molecule has 80 valence electrons. The van der Waals surface area contributed by atoms with Crippen LogP contribution in [-0.2, 0) is 0 Å². The molecule has 0 radical (unpaired) electrons. The Bertz CT molecular complexity index is 432. The van der Waals surface area contributed by atoms with Gasteiger partial charge >= 0.3 is 0 Å². The van der Waals surface area contributed by atoms with Crippen molar-refractivity contribution in [2.24, 2.45) is 0 Å². The maximum Gasteiger partial charge on any atom is 0.271 e. The molecule has 0 aliphatic rings. The van der Waals surface area contributed by atoms with E-state index in [0.717, 1.165) is 0 Å². The van der Waals surface area contributed by atoms with Gasteiger partial charge in [0.05, 0.1) is 10.3 Å². The Kier molecular flexibility index (Phi) is 3.98. The van der Waals surface area contributed by atoms with E-state index in [-0.39, 0.29) is 16.8 Å². The van der Waals surface area contributed by atoms with Crippen LogP contribution in [-0.4, -0.2) is 16.0 Å². The van der Waals surface area contributed by atoms with E-state index in [4.69, 9.17) is 0 Å². The second-order valence-corrected chi connectivity index (χ2v) is 4.33. The number of non-ortho nitro benzene ring substituents is 1. The molecule has 0 aliphatic carbocycles. The summed E-state index contributed by atoms with van der Waals surface area (Å²) in [7, 11) is 0. The third-order valence-electron chi connectivity index (χ3n) is 1.96. The molecule has 6 heteroatoms. The van der Waals surface area contributed by atoms with Crippen LogP contribution in [0.15, 0.2) is 16.6 Å². The van der Waals surface area contributed by atoms with Crippen LogP contribution in [0.2, 0.25) is 0 Å². The molecule has 0 fully saturated rings. The lowest BCUT2D eigenvalue weighted by Crippen LogP contribution is -2.04. The standard InChI is InChI=1S/C9H7Br2NO3/c1-5-7(9(13)4-10)2-6(12(14)15)3-8(5)11/h2-3H,4H2,1H3. The molecule has 0 saturated heterocycles. The van der Waals surface area contributed by atoms with Gasteiger partial charge in [0.1, 0.15) is 0 Å². The maximum atomic E-state index is 11.5. The molecule has 0 bridgehead atoms. The zero-order chi connectivity index (χ0) is 11.6. The highest BCUT2D eigenvalue weighted by atomic mass is 79.9. The van der Waals surface area contributed by atoms with E-state index in [1.54, 1.807) is 6.92 Å². The van der Waals surface area contributed by atoms with Crippen molar-refractivity contribution in [3.63, 3.8) is 0 Å². The first-order valence-electron chi connectivity index (χ1n) is 4.01. The summed E-state index contributed by atoms with van der Waals surface area (Å²) >= 11 is 6.23. The zero-order valence-corrected chi connectivity index (χ0v) is 11.0. The van der Waals surface area contributed by atoms with Gasteiger partial charge in [0.25, 0.3) is 5.69 Å². The Balaban J connectivity index is 3.37. The average Bonchev–Trinajstić information content (AvgIpc) is 2.20. The van der Waals surface area contributed by atoms with Gasteiger partial charge in [-0.25, -0.2) is 0 Å². The first kappa shape index (κ1) is 12.3. The molecule has 0 N–H and O–H groups in total. The maximum absolute atomic E-state index is 11.5. The first-order chi connectivity index (χ1) is 6.97. The lowest BCUT2D eigenvalue weighted by molar-refractivity contribution is -0.385. The quantitative estimate of drug-likeness (QED) is 0.368. The molecule has 0 amide bonds. The second-order valence-electron chi connectivity index (χ2n) is 2.91. The summed E-state index contributed by atoms with van der Waals surface area (Å²) in [5.74, 6) is -0.170. The van der Waals surface area contributed by atoms with Crippen LogP contribution >= 0.6 is 31.9 Å². The van der Waals surface area contributed by atoms with Gasteiger partial charge in [0, 0.05) is 22.2 Å². The van der Waals surface area contributed by atoms with E-state index in [9.17, 15) is 14.9 Å². The van der Waals surface area contributed by atoms with Gasteiger partial charge in [-0.05, 0) is 12.5 Å². The number of nitro groups is 1. The molecule has 0 unspecified atom stereocenters. The molecule has 0 atom stereocenters. The molecule has 1 rings (SSSR count). The van der Waals surface area contributed by atoms with Crippen molar-refractivity contribution in [2.45, 2.75) is 6.92 Å². The van der Waals surface area contributed by atoms with Crippen molar-refractivity contribution in [1.82, 2.24) is 0 Å². The summed E-state index contributed by atoms with van der Waals surface area (Å²) in [6.45, 7) is 1.74. The highest BCUT2D eigenvalue weighted by Crippen LogP contribution is 2.26. The van der Waals surface area contributed by atoms with E-state index in [1.807, 2.05) is 0 Å². The Labute approximate surface area is 103 Å². The van der Waals surface area contributed by atoms with Crippen LogP contribution in [0.25, 0.3) is 0 Å². The van der Waals surface area contributed by atoms with Gasteiger partial charge in [-0.3, -0.25) is 14.9 Å². The number of nitrogens with zero attached hydrogens (tertiary/aromatic N) is 1. The Morgan fingerprint density at radius 3 is 2.60 bits per heavy atom. The summed E-state index contributed by atoms with van der Waals surface area (Å²) in [6, 6.07) is 2.68. The predicted octanol–water partition coefficient (Wildman–Crippen LogP) is 3.24. The van der Waals surface area contributed by atoms with Crippen LogP contribution in [0.5, 0.6) is 0 Å². The minimum absolute atomic E-state index is 0.0863. The van der Waals surface area contributed by atoms with Crippen LogP contribution < -0.4 is 0 Å². The fourth-order valence-electron chi connectivity index (χ4n) is 1.13. The molecule has 0 aliphatic heterocycles. The number of hydrogen-bond acceptors (Lipinski definition) is 3. The van der Waals surface area contributed by atoms with Gasteiger partial charge in [-0.15, -0.1) is 0 Å². The SMILES string of the molecule is Cc1c(Br)cc([N+](=O)[O-])cc1C(=O)CBr.